The lowest BCUT2D eigenvalue weighted by molar-refractivity contribution is 0.186. The highest BCUT2D eigenvalue weighted by molar-refractivity contribution is 5.44. The monoisotopic (exact) mass is 209 g/mol. The van der Waals surface area contributed by atoms with E-state index >= 15 is 0 Å². The predicted molar refractivity (Wildman–Crippen MR) is 56.1 cm³/mol. The van der Waals surface area contributed by atoms with Crippen LogP contribution >= 0.6 is 0 Å². The molecule has 0 saturated carbocycles. The third kappa shape index (κ3) is 2.22. The van der Waals surface area contributed by atoms with Gasteiger partial charge in [-0.2, -0.15) is 0 Å². The summed E-state index contributed by atoms with van der Waals surface area (Å²) in [6, 6.07) is 5.41. The molecule has 0 saturated heterocycles. The zero-order chi connectivity index (χ0) is 10.7. The van der Waals surface area contributed by atoms with E-state index in [1.54, 1.807) is 6.07 Å². The minimum Gasteiger partial charge on any atom is -0.490 e. The molecule has 15 heavy (non-hydrogen) atoms. The van der Waals surface area contributed by atoms with Crippen LogP contribution in [0.15, 0.2) is 18.2 Å². The van der Waals surface area contributed by atoms with Gasteiger partial charge in [0, 0.05) is 13.0 Å². The van der Waals surface area contributed by atoms with Crippen LogP contribution in [0.2, 0.25) is 0 Å². The molecule has 0 aromatic heterocycles. The zero-order valence-corrected chi connectivity index (χ0v) is 8.48. The van der Waals surface area contributed by atoms with Gasteiger partial charge in [0.1, 0.15) is 0 Å². The van der Waals surface area contributed by atoms with Gasteiger partial charge in [-0.3, -0.25) is 0 Å². The Labute approximate surface area is 88.6 Å². The maximum atomic E-state index is 9.58. The van der Waals surface area contributed by atoms with Crippen molar-refractivity contribution in [1.29, 1.82) is 0 Å². The van der Waals surface area contributed by atoms with Crippen molar-refractivity contribution in [2.45, 2.75) is 12.5 Å². The smallest absolute Gasteiger partial charge is 0.161 e. The molecular weight excluding hydrogens is 194 g/mol. The number of rotatable bonds is 2. The molecule has 4 nitrogen and oxygen atoms in total. The van der Waals surface area contributed by atoms with Crippen LogP contribution in [0.3, 0.4) is 0 Å². The maximum Gasteiger partial charge on any atom is 0.161 e. The molecule has 2 rings (SSSR count). The highest BCUT2D eigenvalue weighted by atomic mass is 16.5. The van der Waals surface area contributed by atoms with Crippen LogP contribution in [0.5, 0.6) is 11.5 Å². The largest absolute Gasteiger partial charge is 0.490 e. The summed E-state index contributed by atoms with van der Waals surface area (Å²) in [7, 11) is 0. The number of aliphatic hydroxyl groups is 1. The maximum absolute atomic E-state index is 9.58. The van der Waals surface area contributed by atoms with E-state index < -0.39 is 6.10 Å². The molecule has 0 aliphatic carbocycles. The fourth-order valence-corrected chi connectivity index (χ4v) is 1.52. The summed E-state index contributed by atoms with van der Waals surface area (Å²) >= 11 is 0. The van der Waals surface area contributed by atoms with Crippen LogP contribution in [-0.2, 0) is 0 Å². The standard InChI is InChI=1S/C11H15NO3/c12-7-9(13)8-2-3-10-11(6-8)15-5-1-4-14-10/h2-3,6,9,13H,1,4-5,7,12H2/t9-/m1/s1. The number of ether oxygens (including phenoxy) is 2. The van der Waals surface area contributed by atoms with Crippen molar-refractivity contribution in [2.24, 2.45) is 5.73 Å². The third-order valence-electron chi connectivity index (χ3n) is 2.38. The minimum atomic E-state index is -0.637. The summed E-state index contributed by atoms with van der Waals surface area (Å²) in [5.74, 6) is 1.43. The van der Waals surface area contributed by atoms with Gasteiger partial charge >= 0.3 is 0 Å². The molecule has 4 heteroatoms. The molecule has 1 heterocycles. The number of benzene rings is 1. The van der Waals surface area contributed by atoms with Gasteiger partial charge in [-0.15, -0.1) is 0 Å². The van der Waals surface area contributed by atoms with E-state index in [0.29, 0.717) is 19.0 Å². The van der Waals surface area contributed by atoms with E-state index in [4.69, 9.17) is 15.2 Å². The van der Waals surface area contributed by atoms with Gasteiger partial charge in [0.05, 0.1) is 19.3 Å². The van der Waals surface area contributed by atoms with Crippen LogP contribution in [-0.4, -0.2) is 24.9 Å². The molecule has 0 fully saturated rings. The van der Waals surface area contributed by atoms with Gasteiger partial charge in [-0.05, 0) is 17.7 Å². The molecule has 1 aliphatic heterocycles. The fourth-order valence-electron chi connectivity index (χ4n) is 1.52. The summed E-state index contributed by atoms with van der Waals surface area (Å²) in [5.41, 5.74) is 6.15. The number of aliphatic hydroxyl groups excluding tert-OH is 1. The topological polar surface area (TPSA) is 64.7 Å². The Morgan fingerprint density at radius 3 is 2.73 bits per heavy atom. The number of nitrogens with two attached hydrogens (primary N) is 1. The molecule has 0 amide bonds. The van der Waals surface area contributed by atoms with Gasteiger partial charge in [0.25, 0.3) is 0 Å². The van der Waals surface area contributed by atoms with Crippen LogP contribution in [0.4, 0.5) is 0 Å². The van der Waals surface area contributed by atoms with Gasteiger partial charge in [-0.1, -0.05) is 6.07 Å². The molecule has 0 unspecified atom stereocenters. The van der Waals surface area contributed by atoms with Gasteiger partial charge in [0.15, 0.2) is 11.5 Å². The normalized spacial score (nSPS) is 16.9. The minimum absolute atomic E-state index is 0.208. The second-order valence-corrected chi connectivity index (χ2v) is 3.51. The molecule has 3 N–H and O–H groups in total. The quantitative estimate of drug-likeness (QED) is 0.757. The second-order valence-electron chi connectivity index (χ2n) is 3.51. The van der Waals surface area contributed by atoms with E-state index in [-0.39, 0.29) is 6.54 Å². The van der Waals surface area contributed by atoms with Crippen LogP contribution in [0.25, 0.3) is 0 Å². The Bertz CT molecular complexity index is 341. The van der Waals surface area contributed by atoms with Crippen molar-refractivity contribution in [1.82, 2.24) is 0 Å². The van der Waals surface area contributed by atoms with Crippen LogP contribution < -0.4 is 15.2 Å². The SMILES string of the molecule is NC[C@@H](O)c1ccc2c(c1)OCCCO2. The van der Waals surface area contributed by atoms with E-state index in [1.807, 2.05) is 12.1 Å². The lowest BCUT2D eigenvalue weighted by Crippen LogP contribution is -2.11. The molecular formula is C11H15NO3. The fraction of sp³-hybridized carbons (Fsp3) is 0.455. The Morgan fingerprint density at radius 2 is 2.00 bits per heavy atom. The molecule has 1 atom stereocenters. The molecule has 1 aromatic rings. The van der Waals surface area contributed by atoms with Gasteiger partial charge in [-0.25, -0.2) is 0 Å². The number of hydrogen-bond donors (Lipinski definition) is 2. The molecule has 0 spiro atoms. The van der Waals surface area contributed by atoms with E-state index in [9.17, 15) is 5.11 Å². The molecule has 1 aromatic carbocycles. The van der Waals surface area contributed by atoms with Crippen molar-refractivity contribution in [3.05, 3.63) is 23.8 Å². The summed E-state index contributed by atoms with van der Waals surface area (Å²) in [6.07, 6.45) is 0.242. The summed E-state index contributed by atoms with van der Waals surface area (Å²) in [5, 5.41) is 9.58. The Morgan fingerprint density at radius 1 is 1.27 bits per heavy atom. The summed E-state index contributed by atoms with van der Waals surface area (Å²) in [6.45, 7) is 1.53. The Kier molecular flexibility index (Phi) is 3.08. The highest BCUT2D eigenvalue weighted by Crippen LogP contribution is 2.31. The average Bonchev–Trinajstić information content (AvgIpc) is 2.51. The first kappa shape index (κ1) is 10.3. The van der Waals surface area contributed by atoms with Crippen molar-refractivity contribution in [3.63, 3.8) is 0 Å². The molecule has 0 bridgehead atoms. The lowest BCUT2D eigenvalue weighted by Gasteiger charge is -2.12. The average molecular weight is 209 g/mol. The second kappa shape index (κ2) is 4.51. The summed E-state index contributed by atoms with van der Waals surface area (Å²) < 4.78 is 11.0. The number of hydrogen-bond acceptors (Lipinski definition) is 4. The molecule has 1 aliphatic rings. The van der Waals surface area contributed by atoms with Crippen molar-refractivity contribution >= 4 is 0 Å². The predicted octanol–water partition coefficient (Wildman–Crippen LogP) is 0.840. The first-order valence-corrected chi connectivity index (χ1v) is 5.09. The molecule has 82 valence electrons. The first-order valence-electron chi connectivity index (χ1n) is 5.09. The Hall–Kier alpha value is -1.26. The zero-order valence-electron chi connectivity index (χ0n) is 8.48. The Balaban J connectivity index is 2.27. The van der Waals surface area contributed by atoms with E-state index in [0.717, 1.165) is 17.7 Å². The molecule has 0 radical (unpaired) electrons. The van der Waals surface area contributed by atoms with Crippen molar-refractivity contribution in [3.8, 4) is 11.5 Å². The first-order chi connectivity index (χ1) is 7.31. The lowest BCUT2D eigenvalue weighted by atomic mass is 10.1. The highest BCUT2D eigenvalue weighted by Gasteiger charge is 2.13. The van der Waals surface area contributed by atoms with Crippen molar-refractivity contribution in [2.75, 3.05) is 19.8 Å². The van der Waals surface area contributed by atoms with E-state index in [1.165, 1.54) is 0 Å². The summed E-state index contributed by atoms with van der Waals surface area (Å²) in [4.78, 5) is 0. The van der Waals surface area contributed by atoms with Crippen LogP contribution in [0, 0.1) is 0 Å². The van der Waals surface area contributed by atoms with Gasteiger partial charge in [0.2, 0.25) is 0 Å². The number of fused-ring (bicyclic) bond motifs is 1. The third-order valence-corrected chi connectivity index (χ3v) is 2.38. The van der Waals surface area contributed by atoms with Gasteiger partial charge < -0.3 is 20.3 Å². The van der Waals surface area contributed by atoms with Crippen molar-refractivity contribution < 1.29 is 14.6 Å². The van der Waals surface area contributed by atoms with Crippen LogP contribution in [0.1, 0.15) is 18.1 Å². The van der Waals surface area contributed by atoms with E-state index in [2.05, 4.69) is 0 Å².